The van der Waals surface area contributed by atoms with E-state index in [4.69, 9.17) is 0 Å². The minimum atomic E-state index is -0.793. The Bertz CT molecular complexity index is 445. The third-order valence-corrected chi connectivity index (χ3v) is 3.93. The van der Waals surface area contributed by atoms with E-state index in [-0.39, 0.29) is 11.7 Å². The Morgan fingerprint density at radius 1 is 1.28 bits per heavy atom. The molecule has 0 spiro atoms. The van der Waals surface area contributed by atoms with Crippen LogP contribution in [0, 0.1) is 25.6 Å². The van der Waals surface area contributed by atoms with E-state index in [2.05, 4.69) is 0 Å². The lowest BCUT2D eigenvalue weighted by molar-refractivity contribution is -0.143. The molecule has 0 bridgehead atoms. The summed E-state index contributed by atoms with van der Waals surface area (Å²) in [6.07, 6.45) is 3.35. The molecule has 0 heterocycles. The van der Waals surface area contributed by atoms with E-state index >= 15 is 0 Å². The van der Waals surface area contributed by atoms with Crippen molar-refractivity contribution in [2.45, 2.75) is 45.4 Å². The van der Waals surface area contributed by atoms with Crippen LogP contribution in [-0.2, 0) is 4.79 Å². The smallest absolute Gasteiger partial charge is 0.307 e. The zero-order valence-electron chi connectivity index (χ0n) is 10.9. The van der Waals surface area contributed by atoms with Crippen molar-refractivity contribution in [3.63, 3.8) is 0 Å². The number of carbonyl (C=O) groups is 1. The molecule has 1 aromatic carbocycles. The molecule has 0 aromatic heterocycles. The monoisotopic (exact) mass is 250 g/mol. The van der Waals surface area contributed by atoms with Crippen LogP contribution in [0.5, 0.6) is 0 Å². The first-order valence-corrected chi connectivity index (χ1v) is 6.50. The molecule has 1 fully saturated rings. The summed E-state index contributed by atoms with van der Waals surface area (Å²) in [5.74, 6) is -1.64. The van der Waals surface area contributed by atoms with Gasteiger partial charge in [-0.25, -0.2) is 4.39 Å². The van der Waals surface area contributed by atoms with Gasteiger partial charge in [0.1, 0.15) is 5.82 Å². The van der Waals surface area contributed by atoms with E-state index in [1.807, 2.05) is 19.9 Å². The molecule has 18 heavy (non-hydrogen) atoms. The maximum Gasteiger partial charge on any atom is 0.307 e. The lowest BCUT2D eigenvalue weighted by Gasteiger charge is -2.30. The minimum absolute atomic E-state index is 0.170. The third-order valence-electron chi connectivity index (χ3n) is 3.93. The Hall–Kier alpha value is -1.38. The number of carboxylic acids is 1. The zero-order valence-corrected chi connectivity index (χ0v) is 10.9. The molecule has 1 aromatic rings. The molecule has 2 rings (SSSR count). The average Bonchev–Trinajstić information content (AvgIpc) is 2.28. The molecule has 0 aliphatic heterocycles. The van der Waals surface area contributed by atoms with Gasteiger partial charge in [0.15, 0.2) is 0 Å². The van der Waals surface area contributed by atoms with E-state index in [0.29, 0.717) is 12.0 Å². The van der Waals surface area contributed by atoms with Crippen LogP contribution in [-0.4, -0.2) is 11.1 Å². The number of hydrogen-bond donors (Lipinski definition) is 1. The standard InChI is InChI=1S/C15H19FO2/c1-9-7-10(2)14(13(16)8-9)11-5-3-4-6-12(11)15(17)18/h7-8,11-12H,3-6H2,1-2H3,(H,17,18). The van der Waals surface area contributed by atoms with E-state index < -0.39 is 11.9 Å². The maximum atomic E-state index is 14.1. The maximum absolute atomic E-state index is 14.1. The van der Waals surface area contributed by atoms with Crippen molar-refractivity contribution in [1.29, 1.82) is 0 Å². The molecule has 2 atom stereocenters. The van der Waals surface area contributed by atoms with Crippen molar-refractivity contribution in [3.05, 3.63) is 34.6 Å². The fourth-order valence-corrected chi connectivity index (χ4v) is 3.17. The molecule has 2 nitrogen and oxygen atoms in total. The first-order chi connectivity index (χ1) is 8.50. The molecule has 0 radical (unpaired) electrons. The first-order valence-electron chi connectivity index (χ1n) is 6.50. The largest absolute Gasteiger partial charge is 0.481 e. The van der Waals surface area contributed by atoms with Crippen LogP contribution in [0.15, 0.2) is 12.1 Å². The summed E-state index contributed by atoms with van der Waals surface area (Å²) in [5, 5.41) is 9.28. The van der Waals surface area contributed by atoms with Crippen LogP contribution in [0.3, 0.4) is 0 Å². The number of hydrogen-bond acceptors (Lipinski definition) is 1. The highest BCUT2D eigenvalue weighted by molar-refractivity contribution is 5.71. The summed E-state index contributed by atoms with van der Waals surface area (Å²) in [6.45, 7) is 3.73. The summed E-state index contributed by atoms with van der Waals surface area (Å²) in [5.41, 5.74) is 2.38. The fourth-order valence-electron chi connectivity index (χ4n) is 3.17. The highest BCUT2D eigenvalue weighted by Crippen LogP contribution is 2.40. The lowest BCUT2D eigenvalue weighted by atomic mass is 9.74. The van der Waals surface area contributed by atoms with Gasteiger partial charge in [0.25, 0.3) is 0 Å². The summed E-state index contributed by atoms with van der Waals surface area (Å²) in [4.78, 5) is 11.3. The van der Waals surface area contributed by atoms with E-state index in [0.717, 1.165) is 30.4 Å². The van der Waals surface area contributed by atoms with Crippen molar-refractivity contribution in [2.24, 2.45) is 5.92 Å². The van der Waals surface area contributed by atoms with Gasteiger partial charge in [-0.05, 0) is 49.4 Å². The summed E-state index contributed by atoms with van der Waals surface area (Å²) in [7, 11) is 0. The molecule has 1 aliphatic rings. The van der Waals surface area contributed by atoms with Crippen molar-refractivity contribution in [1.82, 2.24) is 0 Å². The Morgan fingerprint density at radius 2 is 1.94 bits per heavy atom. The Labute approximate surface area is 107 Å². The molecule has 3 heteroatoms. The summed E-state index contributed by atoms with van der Waals surface area (Å²) < 4.78 is 14.1. The van der Waals surface area contributed by atoms with Crippen LogP contribution in [0.1, 0.15) is 48.3 Å². The first kappa shape index (κ1) is 13.1. The molecular formula is C15H19FO2. The third kappa shape index (κ3) is 2.40. The quantitative estimate of drug-likeness (QED) is 0.866. The Morgan fingerprint density at radius 3 is 2.56 bits per heavy atom. The van der Waals surface area contributed by atoms with Crippen LogP contribution in [0.25, 0.3) is 0 Å². The van der Waals surface area contributed by atoms with Crippen LogP contribution >= 0.6 is 0 Å². The second kappa shape index (κ2) is 5.09. The number of halogens is 1. The molecule has 1 saturated carbocycles. The summed E-state index contributed by atoms with van der Waals surface area (Å²) >= 11 is 0. The average molecular weight is 250 g/mol. The predicted octanol–water partition coefficient (Wildman–Crippen LogP) is 3.80. The normalized spacial score (nSPS) is 23.9. The van der Waals surface area contributed by atoms with Gasteiger partial charge >= 0.3 is 5.97 Å². The summed E-state index contributed by atoms with van der Waals surface area (Å²) in [6, 6.07) is 3.45. The van der Waals surface area contributed by atoms with Gasteiger partial charge < -0.3 is 5.11 Å². The molecular weight excluding hydrogens is 231 g/mol. The van der Waals surface area contributed by atoms with E-state index in [9.17, 15) is 14.3 Å². The highest BCUT2D eigenvalue weighted by Gasteiger charge is 2.34. The minimum Gasteiger partial charge on any atom is -0.481 e. The molecule has 1 aliphatic carbocycles. The lowest BCUT2D eigenvalue weighted by Crippen LogP contribution is -2.26. The number of rotatable bonds is 2. The zero-order chi connectivity index (χ0) is 13.3. The van der Waals surface area contributed by atoms with Crippen molar-refractivity contribution < 1.29 is 14.3 Å². The Kier molecular flexibility index (Phi) is 3.69. The second-order valence-corrected chi connectivity index (χ2v) is 5.31. The van der Waals surface area contributed by atoms with Crippen LogP contribution in [0.2, 0.25) is 0 Å². The van der Waals surface area contributed by atoms with Gasteiger partial charge in [-0.1, -0.05) is 18.9 Å². The van der Waals surface area contributed by atoms with Crippen LogP contribution in [0.4, 0.5) is 4.39 Å². The van der Waals surface area contributed by atoms with Gasteiger partial charge in [0.05, 0.1) is 5.92 Å². The topological polar surface area (TPSA) is 37.3 Å². The van der Waals surface area contributed by atoms with Gasteiger partial charge in [-0.15, -0.1) is 0 Å². The molecule has 0 amide bonds. The second-order valence-electron chi connectivity index (χ2n) is 5.31. The molecule has 2 unspecified atom stereocenters. The highest BCUT2D eigenvalue weighted by atomic mass is 19.1. The van der Waals surface area contributed by atoms with Gasteiger partial charge in [-0.2, -0.15) is 0 Å². The van der Waals surface area contributed by atoms with Crippen LogP contribution < -0.4 is 0 Å². The number of aryl methyl sites for hydroxylation is 2. The van der Waals surface area contributed by atoms with Gasteiger partial charge in [-0.3, -0.25) is 4.79 Å². The SMILES string of the molecule is Cc1cc(C)c(C2CCCCC2C(=O)O)c(F)c1. The van der Waals surface area contributed by atoms with Gasteiger partial charge in [0.2, 0.25) is 0 Å². The fraction of sp³-hybridized carbons (Fsp3) is 0.533. The predicted molar refractivity (Wildman–Crippen MR) is 68.2 cm³/mol. The number of benzene rings is 1. The number of aliphatic carboxylic acids is 1. The van der Waals surface area contributed by atoms with Gasteiger partial charge in [0, 0.05) is 5.92 Å². The van der Waals surface area contributed by atoms with Crippen molar-refractivity contribution >= 4 is 5.97 Å². The molecule has 1 N–H and O–H groups in total. The van der Waals surface area contributed by atoms with Crippen molar-refractivity contribution in [2.75, 3.05) is 0 Å². The van der Waals surface area contributed by atoms with E-state index in [1.165, 1.54) is 6.07 Å². The van der Waals surface area contributed by atoms with Crippen molar-refractivity contribution in [3.8, 4) is 0 Å². The molecule has 98 valence electrons. The Balaban J connectivity index is 2.43. The van der Waals surface area contributed by atoms with E-state index in [1.54, 1.807) is 0 Å². The number of carboxylic acid groups (broad SMARTS) is 1. The molecule has 0 saturated heterocycles.